The lowest BCUT2D eigenvalue weighted by Gasteiger charge is -2.26. The van der Waals surface area contributed by atoms with Crippen molar-refractivity contribution in [3.63, 3.8) is 0 Å². The summed E-state index contributed by atoms with van der Waals surface area (Å²) < 4.78 is 8.70. The number of aromatic nitrogens is 1. The van der Waals surface area contributed by atoms with Crippen LogP contribution in [0.4, 0.5) is 17.1 Å². The van der Waals surface area contributed by atoms with Gasteiger partial charge in [-0.25, -0.2) is 0 Å². The van der Waals surface area contributed by atoms with Crippen molar-refractivity contribution < 1.29 is 4.42 Å². The lowest BCUT2D eigenvalue weighted by Crippen LogP contribution is -2.10. The van der Waals surface area contributed by atoms with Crippen LogP contribution in [0.3, 0.4) is 0 Å². The fourth-order valence-electron chi connectivity index (χ4n) is 7.61. The third-order valence-corrected chi connectivity index (χ3v) is 10.00. The minimum Gasteiger partial charge on any atom is -0.456 e. The van der Waals surface area contributed by atoms with Crippen LogP contribution in [-0.4, -0.2) is 4.57 Å². The van der Waals surface area contributed by atoms with Crippen molar-refractivity contribution in [3.8, 4) is 27.9 Å². The van der Waals surface area contributed by atoms with Crippen LogP contribution in [0.2, 0.25) is 0 Å². The van der Waals surface area contributed by atoms with Gasteiger partial charge in [0.1, 0.15) is 11.2 Å². The quantitative estimate of drug-likeness (QED) is 0.178. The summed E-state index contributed by atoms with van der Waals surface area (Å²) in [7, 11) is 0. The molecule has 0 saturated carbocycles. The molecule has 2 heterocycles. The Balaban J connectivity index is 1.10. The average molecular weight is 653 g/mol. The highest BCUT2D eigenvalue weighted by Gasteiger charge is 2.20. The fourth-order valence-corrected chi connectivity index (χ4v) is 7.61. The number of fused-ring (bicyclic) bond motifs is 6. The highest BCUT2D eigenvalue weighted by atomic mass is 16.3. The van der Waals surface area contributed by atoms with Crippen LogP contribution in [0.15, 0.2) is 199 Å². The first kappa shape index (κ1) is 29.1. The Bertz CT molecular complexity index is 2830. The number of hydrogen-bond donors (Lipinski definition) is 0. The van der Waals surface area contributed by atoms with E-state index in [-0.39, 0.29) is 0 Å². The third-order valence-electron chi connectivity index (χ3n) is 10.00. The lowest BCUT2D eigenvalue weighted by molar-refractivity contribution is 0.669. The zero-order valence-electron chi connectivity index (χ0n) is 27.8. The molecule has 8 aromatic carbocycles. The SMILES string of the molecule is c1ccc(-c2ccc(N(c3ccc(-c4ccc5c(c4)c4ccccc4n5-c4ccccc4)cc3)c3cccc4oc5ccccc5c34)cc2)cc1. The normalized spacial score (nSPS) is 11.5. The summed E-state index contributed by atoms with van der Waals surface area (Å²) in [5.41, 5.74) is 13.3. The van der Waals surface area contributed by atoms with E-state index in [1.807, 2.05) is 12.1 Å². The fraction of sp³-hybridized carbons (Fsp3) is 0. The van der Waals surface area contributed by atoms with Crippen LogP contribution < -0.4 is 4.90 Å². The largest absolute Gasteiger partial charge is 0.456 e. The highest BCUT2D eigenvalue weighted by molar-refractivity contribution is 6.13. The van der Waals surface area contributed by atoms with Crippen molar-refractivity contribution >= 4 is 60.8 Å². The average Bonchev–Trinajstić information content (AvgIpc) is 3.75. The Hall–Kier alpha value is -6.84. The van der Waals surface area contributed by atoms with Gasteiger partial charge in [-0.1, -0.05) is 121 Å². The molecule has 51 heavy (non-hydrogen) atoms. The molecule has 2 aromatic heterocycles. The van der Waals surface area contributed by atoms with Crippen molar-refractivity contribution in [3.05, 3.63) is 194 Å². The summed E-state index contributed by atoms with van der Waals surface area (Å²) in [4.78, 5) is 2.35. The molecule has 10 aromatic rings. The maximum Gasteiger partial charge on any atom is 0.137 e. The smallest absolute Gasteiger partial charge is 0.137 e. The third kappa shape index (κ3) is 4.90. The molecule has 0 aliphatic carbocycles. The van der Waals surface area contributed by atoms with Gasteiger partial charge in [0.2, 0.25) is 0 Å². The predicted molar refractivity (Wildman–Crippen MR) is 214 cm³/mol. The molecule has 0 bridgehead atoms. The number of rotatable bonds is 6. The molecule has 10 rings (SSSR count). The molecule has 0 aliphatic heterocycles. The molecule has 3 heteroatoms. The van der Waals surface area contributed by atoms with Crippen molar-refractivity contribution in [2.45, 2.75) is 0 Å². The molecule has 0 radical (unpaired) electrons. The van der Waals surface area contributed by atoms with E-state index in [2.05, 4.69) is 191 Å². The number of para-hydroxylation sites is 3. The van der Waals surface area contributed by atoms with Gasteiger partial charge in [0.25, 0.3) is 0 Å². The Morgan fingerprint density at radius 3 is 1.67 bits per heavy atom. The zero-order valence-corrected chi connectivity index (χ0v) is 27.8. The number of furan rings is 1. The Morgan fingerprint density at radius 2 is 0.922 bits per heavy atom. The summed E-state index contributed by atoms with van der Waals surface area (Å²) in [6, 6.07) is 69.1. The Morgan fingerprint density at radius 1 is 0.373 bits per heavy atom. The van der Waals surface area contributed by atoms with E-state index in [4.69, 9.17) is 4.42 Å². The summed E-state index contributed by atoms with van der Waals surface area (Å²) in [6.07, 6.45) is 0. The van der Waals surface area contributed by atoms with Crippen molar-refractivity contribution in [1.29, 1.82) is 0 Å². The molecular formula is C48H32N2O. The zero-order chi connectivity index (χ0) is 33.7. The van der Waals surface area contributed by atoms with E-state index < -0.39 is 0 Å². The Labute approximate surface area is 295 Å². The van der Waals surface area contributed by atoms with E-state index >= 15 is 0 Å². The van der Waals surface area contributed by atoms with Gasteiger partial charge in [0.15, 0.2) is 0 Å². The van der Waals surface area contributed by atoms with E-state index in [0.717, 1.165) is 44.7 Å². The highest BCUT2D eigenvalue weighted by Crippen LogP contribution is 2.44. The van der Waals surface area contributed by atoms with Gasteiger partial charge in [0.05, 0.1) is 22.1 Å². The van der Waals surface area contributed by atoms with Crippen molar-refractivity contribution in [2.24, 2.45) is 0 Å². The summed E-state index contributed by atoms with van der Waals surface area (Å²) in [6.45, 7) is 0. The van der Waals surface area contributed by atoms with Crippen LogP contribution in [0, 0.1) is 0 Å². The topological polar surface area (TPSA) is 21.3 Å². The molecule has 0 saturated heterocycles. The molecule has 0 amide bonds. The lowest BCUT2D eigenvalue weighted by atomic mass is 10.0. The molecule has 0 N–H and O–H groups in total. The second kappa shape index (κ2) is 11.9. The minimum absolute atomic E-state index is 0.874. The van der Waals surface area contributed by atoms with Crippen LogP contribution in [0.5, 0.6) is 0 Å². The van der Waals surface area contributed by atoms with Crippen LogP contribution >= 0.6 is 0 Å². The van der Waals surface area contributed by atoms with Gasteiger partial charge in [-0.15, -0.1) is 0 Å². The van der Waals surface area contributed by atoms with Gasteiger partial charge >= 0.3 is 0 Å². The summed E-state index contributed by atoms with van der Waals surface area (Å²) in [5, 5.41) is 4.70. The van der Waals surface area contributed by atoms with E-state index in [0.29, 0.717) is 0 Å². The van der Waals surface area contributed by atoms with E-state index in [1.165, 1.54) is 44.1 Å². The maximum atomic E-state index is 6.34. The van der Waals surface area contributed by atoms with Crippen molar-refractivity contribution in [1.82, 2.24) is 4.57 Å². The minimum atomic E-state index is 0.874. The second-order valence-corrected chi connectivity index (χ2v) is 13.0. The molecule has 0 atom stereocenters. The van der Waals surface area contributed by atoms with Gasteiger partial charge < -0.3 is 13.9 Å². The van der Waals surface area contributed by atoms with Crippen LogP contribution in [0.1, 0.15) is 0 Å². The molecule has 0 aliphatic rings. The molecular weight excluding hydrogens is 621 g/mol. The number of nitrogens with zero attached hydrogens (tertiary/aromatic N) is 2. The second-order valence-electron chi connectivity index (χ2n) is 13.0. The molecule has 0 fully saturated rings. The van der Waals surface area contributed by atoms with Gasteiger partial charge in [0, 0.05) is 33.2 Å². The van der Waals surface area contributed by atoms with Crippen molar-refractivity contribution in [2.75, 3.05) is 4.90 Å². The monoisotopic (exact) mass is 652 g/mol. The van der Waals surface area contributed by atoms with Crippen LogP contribution in [0.25, 0.3) is 71.7 Å². The van der Waals surface area contributed by atoms with Gasteiger partial charge in [-0.3, -0.25) is 0 Å². The van der Waals surface area contributed by atoms with E-state index in [1.54, 1.807) is 0 Å². The standard InChI is InChI=1S/C48H32N2O/c1-3-12-33(13-4-1)34-22-27-38(28-23-34)49(45-19-11-21-47-48(45)41-17-8-10-20-46(41)51-47)39-29-24-35(25-30-39)36-26-31-44-42(32-36)40-16-7-9-18-43(40)50(44)37-14-5-2-6-15-37/h1-32H. The van der Waals surface area contributed by atoms with Crippen LogP contribution in [-0.2, 0) is 0 Å². The number of anilines is 3. The molecule has 240 valence electrons. The first-order chi connectivity index (χ1) is 25.3. The number of hydrogen-bond acceptors (Lipinski definition) is 2. The van der Waals surface area contributed by atoms with E-state index in [9.17, 15) is 0 Å². The molecule has 0 unspecified atom stereocenters. The molecule has 0 spiro atoms. The predicted octanol–water partition coefficient (Wildman–Crippen LogP) is 13.5. The maximum absolute atomic E-state index is 6.34. The number of benzene rings is 8. The van der Waals surface area contributed by atoms with Gasteiger partial charge in [-0.2, -0.15) is 0 Å². The first-order valence-corrected chi connectivity index (χ1v) is 17.4. The summed E-state index contributed by atoms with van der Waals surface area (Å²) in [5.74, 6) is 0. The molecule has 3 nitrogen and oxygen atoms in total. The summed E-state index contributed by atoms with van der Waals surface area (Å²) >= 11 is 0. The Kier molecular flexibility index (Phi) is 6.81. The van der Waals surface area contributed by atoms with Gasteiger partial charge in [-0.05, 0) is 95.1 Å². The first-order valence-electron chi connectivity index (χ1n) is 17.4.